The van der Waals surface area contributed by atoms with Crippen LogP contribution in [0, 0.1) is 0 Å². The number of nitrogens with one attached hydrogen (secondary N) is 1. The number of nitrogens with zero attached hydrogens (tertiary/aromatic N) is 5. The van der Waals surface area contributed by atoms with Crippen LogP contribution in [0.5, 0.6) is 0 Å². The maximum atomic E-state index is 4.30. The fourth-order valence-electron chi connectivity index (χ4n) is 1.79. The molecule has 0 saturated heterocycles. The number of aromatic nitrogens is 5. The third-order valence-corrected chi connectivity index (χ3v) is 3.09. The Labute approximate surface area is 118 Å². The molecule has 0 unspecified atom stereocenters. The van der Waals surface area contributed by atoms with Crippen molar-refractivity contribution < 1.29 is 0 Å². The van der Waals surface area contributed by atoms with Crippen molar-refractivity contribution in [3.63, 3.8) is 0 Å². The van der Waals surface area contributed by atoms with Crippen molar-refractivity contribution in [2.45, 2.75) is 13.1 Å². The van der Waals surface area contributed by atoms with Crippen LogP contribution in [0.1, 0.15) is 11.4 Å². The first-order chi connectivity index (χ1) is 9.33. The number of imidazole rings is 1. The molecule has 1 N–H and O–H groups in total. The van der Waals surface area contributed by atoms with Crippen molar-refractivity contribution in [1.29, 1.82) is 0 Å². The molecule has 3 aromatic rings. The molecule has 96 valence electrons. The Bertz CT molecular complexity index is 681. The molecule has 0 radical (unpaired) electrons. The molecule has 0 bridgehead atoms. The molecule has 0 spiro atoms. The van der Waals surface area contributed by atoms with E-state index in [1.807, 2.05) is 28.9 Å². The fraction of sp³-hybridized carbons (Fsp3) is 0.167. The second kappa shape index (κ2) is 5.41. The van der Waals surface area contributed by atoms with Crippen LogP contribution in [0.2, 0.25) is 0 Å². The third kappa shape index (κ3) is 2.77. The largest absolute Gasteiger partial charge is 0.305 e. The Morgan fingerprint density at radius 2 is 2.16 bits per heavy atom. The van der Waals surface area contributed by atoms with Crippen LogP contribution in [0.4, 0.5) is 0 Å². The average Bonchev–Trinajstić information content (AvgIpc) is 2.83. The summed E-state index contributed by atoms with van der Waals surface area (Å²) in [4.78, 5) is 8.44. The maximum Gasteiger partial charge on any atom is 0.155 e. The van der Waals surface area contributed by atoms with Gasteiger partial charge < -0.3 is 5.32 Å². The highest BCUT2D eigenvalue weighted by atomic mass is 79.9. The molecule has 3 rings (SSSR count). The molecule has 3 aromatic heterocycles. The lowest BCUT2D eigenvalue weighted by Gasteiger charge is -2.04. The second-order valence-electron chi connectivity index (χ2n) is 4.01. The summed E-state index contributed by atoms with van der Waals surface area (Å²) in [5.41, 5.74) is 2.82. The summed E-state index contributed by atoms with van der Waals surface area (Å²) in [5.74, 6) is 0. The van der Waals surface area contributed by atoms with Crippen LogP contribution >= 0.6 is 15.9 Å². The first-order valence-corrected chi connectivity index (χ1v) is 6.57. The smallest absolute Gasteiger partial charge is 0.155 e. The van der Waals surface area contributed by atoms with Crippen molar-refractivity contribution in [1.82, 2.24) is 29.9 Å². The maximum absolute atomic E-state index is 4.30. The lowest BCUT2D eigenvalue weighted by molar-refractivity contribution is 0.655. The zero-order valence-electron chi connectivity index (χ0n) is 9.99. The number of hydrogen-bond donors (Lipinski definition) is 1. The number of hydrogen-bond acceptors (Lipinski definition) is 5. The molecule has 0 aliphatic heterocycles. The van der Waals surface area contributed by atoms with E-state index in [2.05, 4.69) is 41.4 Å². The summed E-state index contributed by atoms with van der Waals surface area (Å²) >= 11 is 3.36. The van der Waals surface area contributed by atoms with Crippen LogP contribution in [-0.4, -0.2) is 24.6 Å². The summed E-state index contributed by atoms with van der Waals surface area (Å²) in [7, 11) is 0. The van der Waals surface area contributed by atoms with Crippen molar-refractivity contribution in [3.8, 4) is 0 Å². The molecule has 6 nitrogen and oxygen atoms in total. The average molecular weight is 319 g/mol. The second-order valence-corrected chi connectivity index (χ2v) is 4.82. The first-order valence-electron chi connectivity index (χ1n) is 5.78. The summed E-state index contributed by atoms with van der Waals surface area (Å²) in [6.45, 7) is 1.38. The number of rotatable bonds is 4. The van der Waals surface area contributed by atoms with Gasteiger partial charge in [-0.25, -0.2) is 9.97 Å². The lowest BCUT2D eigenvalue weighted by Crippen LogP contribution is -2.15. The van der Waals surface area contributed by atoms with E-state index in [4.69, 9.17) is 0 Å². The van der Waals surface area contributed by atoms with Gasteiger partial charge in [-0.15, -0.1) is 0 Å². The normalized spacial score (nSPS) is 11.0. The Balaban J connectivity index is 1.70. The SMILES string of the molecule is Brc1cn2c(CNCc3cccnn3)cnc2cn1. The van der Waals surface area contributed by atoms with E-state index >= 15 is 0 Å². The first kappa shape index (κ1) is 12.2. The highest BCUT2D eigenvalue weighted by molar-refractivity contribution is 9.10. The topological polar surface area (TPSA) is 68.0 Å². The monoisotopic (exact) mass is 318 g/mol. The van der Waals surface area contributed by atoms with Crippen LogP contribution < -0.4 is 5.32 Å². The summed E-state index contributed by atoms with van der Waals surface area (Å²) in [6.07, 6.45) is 7.14. The van der Waals surface area contributed by atoms with Gasteiger partial charge in [0.05, 0.1) is 23.8 Å². The van der Waals surface area contributed by atoms with Gasteiger partial charge in [0.15, 0.2) is 5.65 Å². The van der Waals surface area contributed by atoms with Gasteiger partial charge in [0.2, 0.25) is 0 Å². The van der Waals surface area contributed by atoms with E-state index in [0.29, 0.717) is 13.1 Å². The van der Waals surface area contributed by atoms with Gasteiger partial charge in [0.25, 0.3) is 0 Å². The van der Waals surface area contributed by atoms with Gasteiger partial charge in [0, 0.05) is 25.5 Å². The lowest BCUT2D eigenvalue weighted by atomic mass is 10.3. The zero-order valence-corrected chi connectivity index (χ0v) is 11.6. The van der Waals surface area contributed by atoms with Crippen molar-refractivity contribution in [2.24, 2.45) is 0 Å². The predicted molar refractivity (Wildman–Crippen MR) is 73.3 cm³/mol. The summed E-state index contributed by atoms with van der Waals surface area (Å²) < 4.78 is 2.79. The Morgan fingerprint density at radius 3 is 3.00 bits per heavy atom. The standard InChI is InChI=1S/C12H11BrN6/c13-11-8-19-10(6-16-12(19)7-15-11)5-14-4-9-2-1-3-17-18-9/h1-3,6-8,14H,4-5H2. The third-order valence-electron chi connectivity index (χ3n) is 2.68. The fourth-order valence-corrected chi connectivity index (χ4v) is 2.10. The molecule has 0 amide bonds. The Kier molecular flexibility index (Phi) is 3.47. The van der Waals surface area contributed by atoms with Crippen LogP contribution in [0.15, 0.2) is 41.5 Å². The molecule has 0 aromatic carbocycles. The Morgan fingerprint density at radius 1 is 1.21 bits per heavy atom. The molecular weight excluding hydrogens is 308 g/mol. The summed E-state index contributed by atoms with van der Waals surface area (Å²) in [6, 6.07) is 3.82. The Hall–Kier alpha value is -1.86. The molecule has 0 aliphatic rings. The van der Waals surface area contributed by atoms with Crippen LogP contribution in [0.3, 0.4) is 0 Å². The van der Waals surface area contributed by atoms with Crippen molar-refractivity contribution in [2.75, 3.05) is 0 Å². The van der Waals surface area contributed by atoms with E-state index in [1.54, 1.807) is 12.4 Å². The van der Waals surface area contributed by atoms with Crippen LogP contribution in [-0.2, 0) is 13.1 Å². The quantitative estimate of drug-likeness (QED) is 0.791. The molecule has 19 heavy (non-hydrogen) atoms. The minimum Gasteiger partial charge on any atom is -0.305 e. The molecule has 0 saturated carbocycles. The molecule has 0 atom stereocenters. The molecule has 3 heterocycles. The van der Waals surface area contributed by atoms with Crippen molar-refractivity contribution >= 4 is 21.6 Å². The minimum absolute atomic E-state index is 0.674. The van der Waals surface area contributed by atoms with E-state index in [-0.39, 0.29) is 0 Å². The number of halogens is 1. The molecule has 7 heteroatoms. The van der Waals surface area contributed by atoms with Gasteiger partial charge in [-0.2, -0.15) is 10.2 Å². The predicted octanol–water partition coefficient (Wildman–Crippen LogP) is 1.57. The molecule has 0 fully saturated rings. The van der Waals surface area contributed by atoms with Gasteiger partial charge >= 0.3 is 0 Å². The van der Waals surface area contributed by atoms with E-state index in [1.165, 1.54) is 0 Å². The number of fused-ring (bicyclic) bond motifs is 1. The van der Waals surface area contributed by atoms with Gasteiger partial charge in [-0.1, -0.05) is 0 Å². The van der Waals surface area contributed by atoms with E-state index in [0.717, 1.165) is 21.6 Å². The summed E-state index contributed by atoms with van der Waals surface area (Å²) in [5, 5.41) is 11.2. The minimum atomic E-state index is 0.674. The van der Waals surface area contributed by atoms with Crippen LogP contribution in [0.25, 0.3) is 5.65 Å². The van der Waals surface area contributed by atoms with Crippen molar-refractivity contribution in [3.05, 3.63) is 52.9 Å². The molecular formula is C12H11BrN6. The van der Waals surface area contributed by atoms with E-state index < -0.39 is 0 Å². The van der Waals surface area contributed by atoms with Gasteiger partial charge in [-0.05, 0) is 28.1 Å². The van der Waals surface area contributed by atoms with Gasteiger partial charge in [0.1, 0.15) is 4.60 Å². The van der Waals surface area contributed by atoms with Gasteiger partial charge in [-0.3, -0.25) is 4.40 Å². The molecule has 0 aliphatic carbocycles. The highest BCUT2D eigenvalue weighted by Crippen LogP contribution is 2.10. The highest BCUT2D eigenvalue weighted by Gasteiger charge is 2.04. The zero-order chi connectivity index (χ0) is 13.1. The van der Waals surface area contributed by atoms with E-state index in [9.17, 15) is 0 Å².